The summed E-state index contributed by atoms with van der Waals surface area (Å²) in [7, 11) is 0. The van der Waals surface area contributed by atoms with Crippen LogP contribution < -0.4 is 5.11 Å². The SMILES string of the molecule is CC(C)(C)Cc1nc2cc(C(F)C(=O)[O-])ccc2o1. The van der Waals surface area contributed by atoms with Gasteiger partial charge >= 0.3 is 0 Å². The Morgan fingerprint density at radius 1 is 1.47 bits per heavy atom. The molecule has 2 aromatic rings. The summed E-state index contributed by atoms with van der Waals surface area (Å²) >= 11 is 0. The monoisotopic (exact) mass is 264 g/mol. The number of nitrogens with zero attached hydrogens (tertiary/aromatic N) is 1. The van der Waals surface area contributed by atoms with Gasteiger partial charge in [-0.25, -0.2) is 9.37 Å². The van der Waals surface area contributed by atoms with Crippen LogP contribution in [0.25, 0.3) is 11.1 Å². The molecule has 1 heterocycles. The van der Waals surface area contributed by atoms with Crippen molar-refractivity contribution in [3.05, 3.63) is 29.7 Å². The lowest BCUT2D eigenvalue weighted by Gasteiger charge is -2.14. The predicted molar refractivity (Wildman–Crippen MR) is 66.0 cm³/mol. The van der Waals surface area contributed by atoms with Gasteiger partial charge in [0.15, 0.2) is 17.6 Å². The van der Waals surface area contributed by atoms with Gasteiger partial charge in [0, 0.05) is 6.42 Å². The predicted octanol–water partition coefficient (Wildman–Crippen LogP) is 2.18. The quantitative estimate of drug-likeness (QED) is 0.852. The van der Waals surface area contributed by atoms with Crippen molar-refractivity contribution in [3.63, 3.8) is 0 Å². The zero-order valence-electron chi connectivity index (χ0n) is 11.1. The standard InChI is InChI=1S/C14H16FNO3/c1-14(2,3)7-11-16-9-6-8(12(15)13(17)18)4-5-10(9)19-11/h4-6,12H,7H2,1-3H3,(H,17,18)/p-1. The Kier molecular flexibility index (Phi) is 3.30. The second kappa shape index (κ2) is 4.64. The summed E-state index contributed by atoms with van der Waals surface area (Å²) in [4.78, 5) is 14.8. The summed E-state index contributed by atoms with van der Waals surface area (Å²) in [6.45, 7) is 6.17. The highest BCUT2D eigenvalue weighted by molar-refractivity contribution is 5.78. The van der Waals surface area contributed by atoms with E-state index in [-0.39, 0.29) is 11.0 Å². The molecule has 5 heteroatoms. The molecule has 2 rings (SSSR count). The molecule has 0 bridgehead atoms. The highest BCUT2D eigenvalue weighted by Crippen LogP contribution is 2.26. The Bertz CT molecular complexity index is 613. The van der Waals surface area contributed by atoms with Gasteiger partial charge in [-0.2, -0.15) is 0 Å². The fourth-order valence-corrected chi connectivity index (χ4v) is 1.82. The fraction of sp³-hybridized carbons (Fsp3) is 0.429. The molecule has 0 saturated heterocycles. The lowest BCUT2D eigenvalue weighted by molar-refractivity contribution is -0.312. The van der Waals surface area contributed by atoms with E-state index in [0.29, 0.717) is 23.4 Å². The maximum absolute atomic E-state index is 13.3. The molecule has 0 radical (unpaired) electrons. The topological polar surface area (TPSA) is 66.2 Å². The second-order valence-electron chi connectivity index (χ2n) is 5.75. The summed E-state index contributed by atoms with van der Waals surface area (Å²) in [5, 5.41) is 10.5. The van der Waals surface area contributed by atoms with Crippen molar-refractivity contribution >= 4 is 17.1 Å². The smallest absolute Gasteiger partial charge is 0.195 e. The largest absolute Gasteiger partial charge is 0.547 e. The zero-order valence-corrected chi connectivity index (χ0v) is 11.1. The number of carboxylic acids is 1. The Morgan fingerprint density at radius 3 is 2.74 bits per heavy atom. The van der Waals surface area contributed by atoms with E-state index in [4.69, 9.17) is 4.42 Å². The van der Waals surface area contributed by atoms with E-state index in [1.807, 2.05) is 0 Å². The number of hydrogen-bond donors (Lipinski definition) is 0. The lowest BCUT2D eigenvalue weighted by Crippen LogP contribution is -2.27. The molecule has 4 nitrogen and oxygen atoms in total. The molecule has 0 amide bonds. The fourth-order valence-electron chi connectivity index (χ4n) is 1.82. The normalized spacial score (nSPS) is 13.7. The molecule has 1 atom stereocenters. The number of oxazole rings is 1. The number of rotatable bonds is 3. The van der Waals surface area contributed by atoms with Crippen LogP contribution in [0.5, 0.6) is 0 Å². The van der Waals surface area contributed by atoms with Crippen LogP contribution in [0.4, 0.5) is 4.39 Å². The van der Waals surface area contributed by atoms with Crippen LogP contribution in [0, 0.1) is 5.41 Å². The molecule has 0 aliphatic carbocycles. The van der Waals surface area contributed by atoms with Gasteiger partial charge < -0.3 is 14.3 Å². The number of halogens is 1. The van der Waals surface area contributed by atoms with Crippen molar-refractivity contribution in [2.75, 3.05) is 0 Å². The molecule has 0 fully saturated rings. The number of benzene rings is 1. The van der Waals surface area contributed by atoms with Crippen LogP contribution >= 0.6 is 0 Å². The number of fused-ring (bicyclic) bond motifs is 1. The minimum absolute atomic E-state index is 0.0168. The number of alkyl halides is 1. The maximum atomic E-state index is 13.3. The average Bonchev–Trinajstić information content (AvgIpc) is 2.65. The number of carboxylic acid groups (broad SMARTS) is 1. The Labute approximate surface area is 110 Å². The Balaban J connectivity index is 2.36. The maximum Gasteiger partial charge on any atom is 0.195 e. The minimum Gasteiger partial charge on any atom is -0.547 e. The molecule has 102 valence electrons. The zero-order chi connectivity index (χ0) is 14.2. The van der Waals surface area contributed by atoms with Crippen LogP contribution in [-0.4, -0.2) is 11.0 Å². The molecule has 0 saturated carbocycles. The summed E-state index contributed by atoms with van der Waals surface area (Å²) in [5.74, 6) is -1.19. The summed E-state index contributed by atoms with van der Waals surface area (Å²) < 4.78 is 18.9. The van der Waals surface area contributed by atoms with Gasteiger partial charge in [0.1, 0.15) is 5.52 Å². The Morgan fingerprint density at radius 2 is 2.16 bits per heavy atom. The minimum atomic E-state index is -2.15. The summed E-state index contributed by atoms with van der Waals surface area (Å²) in [6, 6.07) is 4.28. The van der Waals surface area contributed by atoms with Crippen LogP contribution in [0.1, 0.15) is 38.4 Å². The van der Waals surface area contributed by atoms with Gasteiger partial charge in [0.05, 0.1) is 5.97 Å². The lowest BCUT2D eigenvalue weighted by atomic mass is 9.92. The Hall–Kier alpha value is -1.91. The third-order valence-corrected chi connectivity index (χ3v) is 2.64. The number of carbonyl (C=O) groups is 1. The first-order valence-corrected chi connectivity index (χ1v) is 6.00. The average molecular weight is 264 g/mol. The third kappa shape index (κ3) is 3.10. The molecular weight excluding hydrogens is 249 g/mol. The van der Waals surface area contributed by atoms with Crippen LogP contribution in [0.3, 0.4) is 0 Å². The molecule has 0 aliphatic rings. The number of aromatic nitrogens is 1. The van der Waals surface area contributed by atoms with E-state index in [9.17, 15) is 14.3 Å². The van der Waals surface area contributed by atoms with E-state index >= 15 is 0 Å². The molecular formula is C14H15FNO3-. The highest BCUT2D eigenvalue weighted by atomic mass is 19.1. The van der Waals surface area contributed by atoms with Gasteiger partial charge in [-0.3, -0.25) is 0 Å². The van der Waals surface area contributed by atoms with Crippen molar-refractivity contribution in [3.8, 4) is 0 Å². The van der Waals surface area contributed by atoms with Gasteiger partial charge in [-0.15, -0.1) is 0 Å². The third-order valence-electron chi connectivity index (χ3n) is 2.64. The van der Waals surface area contributed by atoms with Crippen molar-refractivity contribution in [1.29, 1.82) is 0 Å². The molecule has 19 heavy (non-hydrogen) atoms. The van der Waals surface area contributed by atoms with E-state index in [0.717, 1.165) is 0 Å². The van der Waals surface area contributed by atoms with Crippen LogP contribution in [0.15, 0.2) is 22.6 Å². The van der Waals surface area contributed by atoms with Crippen LogP contribution in [0.2, 0.25) is 0 Å². The van der Waals surface area contributed by atoms with E-state index in [2.05, 4.69) is 25.8 Å². The van der Waals surface area contributed by atoms with Crippen molar-refractivity contribution < 1.29 is 18.7 Å². The molecule has 1 aromatic carbocycles. The molecule has 0 spiro atoms. The summed E-state index contributed by atoms with van der Waals surface area (Å²) in [5.41, 5.74) is 1.02. The first-order valence-electron chi connectivity index (χ1n) is 6.00. The van der Waals surface area contributed by atoms with Gasteiger partial charge in [-0.05, 0) is 23.1 Å². The van der Waals surface area contributed by atoms with E-state index in [1.54, 1.807) is 0 Å². The van der Waals surface area contributed by atoms with Crippen molar-refractivity contribution in [2.24, 2.45) is 5.41 Å². The van der Waals surface area contributed by atoms with Crippen molar-refractivity contribution in [2.45, 2.75) is 33.4 Å². The van der Waals surface area contributed by atoms with Gasteiger partial charge in [-0.1, -0.05) is 26.8 Å². The molecule has 0 aliphatic heterocycles. The van der Waals surface area contributed by atoms with Gasteiger partial charge in [0.2, 0.25) is 0 Å². The second-order valence-corrected chi connectivity index (χ2v) is 5.75. The van der Waals surface area contributed by atoms with Gasteiger partial charge in [0.25, 0.3) is 0 Å². The highest BCUT2D eigenvalue weighted by Gasteiger charge is 2.17. The van der Waals surface area contributed by atoms with E-state index in [1.165, 1.54) is 18.2 Å². The van der Waals surface area contributed by atoms with Crippen molar-refractivity contribution in [1.82, 2.24) is 4.98 Å². The van der Waals surface area contributed by atoms with Crippen LogP contribution in [-0.2, 0) is 11.2 Å². The molecule has 1 unspecified atom stereocenters. The van der Waals surface area contributed by atoms with E-state index < -0.39 is 12.1 Å². The number of carbonyl (C=O) groups excluding carboxylic acids is 1. The first kappa shape index (κ1) is 13.5. The summed E-state index contributed by atoms with van der Waals surface area (Å²) in [6.07, 6.45) is -1.50. The number of aliphatic carboxylic acids is 1. The first-order chi connectivity index (χ1) is 8.76. The molecule has 0 N–H and O–H groups in total. The molecule has 1 aromatic heterocycles. The number of hydrogen-bond acceptors (Lipinski definition) is 4.